The molecule has 0 rings (SSSR count). The average molecular weight is 502 g/mol. The van der Waals surface area contributed by atoms with Crippen molar-refractivity contribution in [2.24, 2.45) is 0 Å². The van der Waals surface area contributed by atoms with Gasteiger partial charge in [0.2, 0.25) is 0 Å². The molecule has 18 heteroatoms. The first kappa shape index (κ1) is 29.5. The minimum absolute atomic E-state index is 0.153. The monoisotopic (exact) mass is 502 g/mol. The lowest BCUT2D eigenvalue weighted by atomic mass is 10.3. The number of halogens is 12. The minimum Gasteiger partial charge on any atom is -0.456 e. The van der Waals surface area contributed by atoms with E-state index in [1.807, 2.05) is 9.47 Å². The SMILES string of the molecule is C=CC(=O)OCC(F)(F)C(F)(F)OC(F)(F)C(F)(F)OC(F)(F)C(F)(F)COC(=O)C=C. The largest absolute Gasteiger partial charge is 0.456 e. The third-order valence-electron chi connectivity index (χ3n) is 2.83. The van der Waals surface area contributed by atoms with Crippen LogP contribution in [0, 0.1) is 0 Å². The van der Waals surface area contributed by atoms with Crippen LogP contribution in [0.5, 0.6) is 0 Å². The van der Waals surface area contributed by atoms with E-state index >= 15 is 0 Å². The van der Waals surface area contributed by atoms with Crippen LogP contribution < -0.4 is 0 Å². The van der Waals surface area contributed by atoms with Gasteiger partial charge in [-0.05, 0) is 0 Å². The van der Waals surface area contributed by atoms with E-state index in [0.29, 0.717) is 0 Å². The van der Waals surface area contributed by atoms with Crippen molar-refractivity contribution in [2.75, 3.05) is 13.2 Å². The van der Waals surface area contributed by atoms with Gasteiger partial charge in [0.25, 0.3) is 0 Å². The van der Waals surface area contributed by atoms with E-state index in [4.69, 9.17) is 0 Å². The standard InChI is InChI=1S/C14H10F12O6/c1-3-7(27)29-5-9(15,16)11(19,20)31-13(23,24)14(25,26)32-12(21,22)10(17,18)6-30-8(28)4-2/h3-4H,1-2,5-6H2. The molecular formula is C14H10F12O6. The van der Waals surface area contributed by atoms with Crippen LogP contribution in [-0.4, -0.2) is 61.4 Å². The van der Waals surface area contributed by atoms with Crippen molar-refractivity contribution < 1.29 is 81.2 Å². The Morgan fingerprint density at radius 1 is 0.562 bits per heavy atom. The zero-order valence-corrected chi connectivity index (χ0v) is 15.0. The van der Waals surface area contributed by atoms with Crippen molar-refractivity contribution in [3.8, 4) is 0 Å². The van der Waals surface area contributed by atoms with Crippen LogP contribution in [0.4, 0.5) is 52.7 Å². The number of hydrogen-bond acceptors (Lipinski definition) is 6. The Balaban J connectivity index is 5.61. The maximum Gasteiger partial charge on any atom is 0.453 e. The molecule has 0 heterocycles. The first-order chi connectivity index (χ1) is 14.1. The zero-order valence-electron chi connectivity index (χ0n) is 15.0. The molecule has 0 aromatic carbocycles. The van der Waals surface area contributed by atoms with Gasteiger partial charge in [0.05, 0.1) is 0 Å². The molecule has 0 saturated carbocycles. The fourth-order valence-corrected chi connectivity index (χ4v) is 1.20. The molecule has 186 valence electrons. The summed E-state index contributed by atoms with van der Waals surface area (Å²) in [4.78, 5) is 21.1. The molecular weight excluding hydrogens is 492 g/mol. The summed E-state index contributed by atoms with van der Waals surface area (Å²) in [6, 6.07) is 0. The summed E-state index contributed by atoms with van der Waals surface area (Å²) in [5.41, 5.74) is 0. The Labute approximate surface area is 169 Å². The molecule has 6 nitrogen and oxygen atoms in total. The summed E-state index contributed by atoms with van der Waals surface area (Å²) in [6.07, 6.45) is -27.2. The second-order valence-corrected chi connectivity index (χ2v) is 5.30. The number of carbonyl (C=O) groups is 2. The summed E-state index contributed by atoms with van der Waals surface area (Å²) < 4.78 is 170. The van der Waals surface area contributed by atoms with Crippen LogP contribution in [-0.2, 0) is 28.5 Å². The van der Waals surface area contributed by atoms with Crippen molar-refractivity contribution in [3.63, 3.8) is 0 Å². The summed E-state index contributed by atoms with van der Waals surface area (Å²) in [7, 11) is 0. The van der Waals surface area contributed by atoms with Crippen molar-refractivity contribution in [3.05, 3.63) is 25.3 Å². The van der Waals surface area contributed by atoms with Crippen LogP contribution >= 0.6 is 0 Å². The van der Waals surface area contributed by atoms with Gasteiger partial charge in [-0.25, -0.2) is 19.1 Å². The van der Waals surface area contributed by atoms with Crippen molar-refractivity contribution in [2.45, 2.75) is 36.3 Å². The molecule has 0 unspecified atom stereocenters. The lowest BCUT2D eigenvalue weighted by Crippen LogP contribution is -2.59. The molecule has 0 N–H and O–H groups in total. The maximum absolute atomic E-state index is 13.3. The molecule has 32 heavy (non-hydrogen) atoms. The van der Waals surface area contributed by atoms with E-state index in [9.17, 15) is 62.3 Å². The van der Waals surface area contributed by atoms with Crippen LogP contribution in [0.3, 0.4) is 0 Å². The van der Waals surface area contributed by atoms with E-state index in [1.54, 1.807) is 0 Å². The van der Waals surface area contributed by atoms with Gasteiger partial charge in [-0.15, -0.1) is 0 Å². The van der Waals surface area contributed by atoms with Gasteiger partial charge in [-0.2, -0.15) is 52.7 Å². The zero-order chi connectivity index (χ0) is 25.8. The molecule has 0 amide bonds. The Morgan fingerprint density at radius 2 is 0.812 bits per heavy atom. The van der Waals surface area contributed by atoms with Gasteiger partial charge in [0.15, 0.2) is 13.2 Å². The Bertz CT molecular complexity index is 661. The molecule has 0 bridgehead atoms. The normalized spacial score (nSPS) is 14.0. The van der Waals surface area contributed by atoms with Crippen molar-refractivity contribution in [1.29, 1.82) is 0 Å². The van der Waals surface area contributed by atoms with Crippen molar-refractivity contribution >= 4 is 11.9 Å². The molecule has 0 radical (unpaired) electrons. The fourth-order valence-electron chi connectivity index (χ4n) is 1.20. The highest BCUT2D eigenvalue weighted by atomic mass is 19.4. The fraction of sp³-hybridized carbons (Fsp3) is 0.571. The lowest BCUT2D eigenvalue weighted by molar-refractivity contribution is -0.540. The Morgan fingerprint density at radius 3 is 1.03 bits per heavy atom. The van der Waals surface area contributed by atoms with Gasteiger partial charge in [0, 0.05) is 12.2 Å². The molecule has 0 fully saturated rings. The predicted molar refractivity (Wildman–Crippen MR) is 74.2 cm³/mol. The summed E-state index contributed by atoms with van der Waals surface area (Å²) >= 11 is 0. The first-order valence-electron chi connectivity index (χ1n) is 7.33. The Hall–Kier alpha value is -2.50. The second-order valence-electron chi connectivity index (χ2n) is 5.30. The smallest absolute Gasteiger partial charge is 0.453 e. The minimum atomic E-state index is -7.10. The molecule has 0 aromatic heterocycles. The van der Waals surface area contributed by atoms with Gasteiger partial charge in [-0.3, -0.25) is 0 Å². The van der Waals surface area contributed by atoms with Crippen LogP contribution in [0.25, 0.3) is 0 Å². The number of carbonyl (C=O) groups excluding carboxylic acids is 2. The molecule has 0 spiro atoms. The van der Waals surface area contributed by atoms with Gasteiger partial charge in [0.1, 0.15) is 0 Å². The second kappa shape index (κ2) is 9.55. The molecule has 0 aliphatic rings. The summed E-state index contributed by atoms with van der Waals surface area (Å²) in [5.74, 6) is -15.5. The third-order valence-corrected chi connectivity index (χ3v) is 2.83. The van der Waals surface area contributed by atoms with Gasteiger partial charge in [-0.1, -0.05) is 13.2 Å². The highest BCUT2D eigenvalue weighted by molar-refractivity contribution is 5.81. The summed E-state index contributed by atoms with van der Waals surface area (Å²) in [6.45, 7) is -0.164. The van der Waals surface area contributed by atoms with E-state index in [2.05, 4.69) is 22.6 Å². The number of alkyl halides is 12. The predicted octanol–water partition coefficient (Wildman–Crippen LogP) is 4.12. The van der Waals surface area contributed by atoms with E-state index in [1.165, 1.54) is 0 Å². The van der Waals surface area contributed by atoms with Crippen LogP contribution in [0.15, 0.2) is 25.3 Å². The van der Waals surface area contributed by atoms with E-state index in [0.717, 1.165) is 0 Å². The number of ether oxygens (including phenoxy) is 4. The highest BCUT2D eigenvalue weighted by Crippen LogP contribution is 2.49. The third kappa shape index (κ3) is 7.01. The number of esters is 2. The van der Waals surface area contributed by atoms with Crippen molar-refractivity contribution in [1.82, 2.24) is 0 Å². The molecule has 0 saturated heterocycles. The molecule has 0 aliphatic heterocycles. The van der Waals surface area contributed by atoms with Crippen LogP contribution in [0.1, 0.15) is 0 Å². The Kier molecular flexibility index (Phi) is 8.81. The topological polar surface area (TPSA) is 71.1 Å². The molecule has 0 atom stereocenters. The quantitative estimate of drug-likeness (QED) is 0.215. The first-order valence-corrected chi connectivity index (χ1v) is 7.33. The number of rotatable bonds is 13. The molecule has 0 aliphatic carbocycles. The highest BCUT2D eigenvalue weighted by Gasteiger charge is 2.74. The maximum atomic E-state index is 13.3. The lowest BCUT2D eigenvalue weighted by Gasteiger charge is -2.34. The van der Waals surface area contributed by atoms with E-state index in [-0.39, 0.29) is 12.2 Å². The van der Waals surface area contributed by atoms with Gasteiger partial charge >= 0.3 is 48.2 Å². The van der Waals surface area contributed by atoms with Crippen LogP contribution in [0.2, 0.25) is 0 Å². The van der Waals surface area contributed by atoms with Gasteiger partial charge < -0.3 is 9.47 Å². The summed E-state index contributed by atoms with van der Waals surface area (Å²) in [5, 5.41) is 0. The van der Waals surface area contributed by atoms with E-state index < -0.39 is 61.4 Å². The number of hydrogen-bond donors (Lipinski definition) is 0. The average Bonchev–Trinajstić information content (AvgIpc) is 2.61. The molecule has 0 aromatic rings.